The third-order valence-electron chi connectivity index (χ3n) is 9.11. The monoisotopic (exact) mass is 634 g/mol. The first-order chi connectivity index (χ1) is 22.6. The van der Waals surface area contributed by atoms with Crippen LogP contribution >= 0.6 is 0 Å². The lowest BCUT2D eigenvalue weighted by atomic mass is 9.85. The number of likely N-dealkylation sites (N-methyl/N-ethyl adjacent to an activating group) is 1. The first-order valence-electron chi connectivity index (χ1n) is 16.3. The number of aryl methyl sites for hydroxylation is 1. The highest BCUT2D eigenvalue weighted by molar-refractivity contribution is 5.89. The van der Waals surface area contributed by atoms with Gasteiger partial charge in [-0.1, -0.05) is 62.7 Å². The summed E-state index contributed by atoms with van der Waals surface area (Å²) >= 11 is 0. The summed E-state index contributed by atoms with van der Waals surface area (Å²) in [5.41, 5.74) is 5.65. The third-order valence-corrected chi connectivity index (χ3v) is 9.11. The molecule has 2 amide bonds. The van der Waals surface area contributed by atoms with E-state index in [1.807, 2.05) is 65.2 Å². The van der Waals surface area contributed by atoms with Crippen molar-refractivity contribution < 1.29 is 14.3 Å². The summed E-state index contributed by atoms with van der Waals surface area (Å²) < 4.78 is 16.2. The largest absolute Gasteiger partial charge is 0.484 e. The number of rotatable bonds is 6. The lowest BCUT2D eigenvalue weighted by molar-refractivity contribution is 0.00144. The summed E-state index contributed by atoms with van der Waals surface area (Å²) in [4.78, 5) is 15.8. The molecule has 0 radical (unpaired) electrons. The number of urea groups is 1. The van der Waals surface area contributed by atoms with Crippen molar-refractivity contribution in [3.63, 3.8) is 0 Å². The van der Waals surface area contributed by atoms with Crippen LogP contribution < -0.4 is 15.4 Å². The number of nitrogens with zero attached hydrogens (tertiary/aromatic N) is 6. The Morgan fingerprint density at radius 2 is 1.79 bits per heavy atom. The Hall–Kier alpha value is -4.74. The molecule has 3 aromatic heterocycles. The average Bonchev–Trinajstić information content (AvgIpc) is 3.67. The third kappa shape index (κ3) is 6.33. The van der Waals surface area contributed by atoms with E-state index < -0.39 is 0 Å². The lowest BCUT2D eigenvalue weighted by Gasteiger charge is -2.32. The molecule has 7 rings (SSSR count). The second kappa shape index (κ2) is 12.5. The summed E-state index contributed by atoms with van der Waals surface area (Å²) in [6.07, 6.45) is 3.27. The molecule has 1 aliphatic carbocycles. The summed E-state index contributed by atoms with van der Waals surface area (Å²) in [6, 6.07) is 21.7. The minimum absolute atomic E-state index is 0.0259. The molecular weight excluding hydrogens is 592 g/mol. The maximum atomic E-state index is 13.5. The molecule has 0 saturated carbocycles. The second-order valence-corrected chi connectivity index (χ2v) is 13.6. The van der Waals surface area contributed by atoms with Crippen LogP contribution in [0.1, 0.15) is 80.0 Å². The molecule has 4 heterocycles. The van der Waals surface area contributed by atoms with Gasteiger partial charge in [0.1, 0.15) is 17.7 Å². The molecule has 2 N–H and O–H groups in total. The molecule has 0 spiro atoms. The van der Waals surface area contributed by atoms with Crippen LogP contribution in [-0.2, 0) is 10.2 Å². The molecule has 5 aromatic rings. The van der Waals surface area contributed by atoms with E-state index in [1.165, 1.54) is 0 Å². The van der Waals surface area contributed by atoms with Crippen LogP contribution in [0.5, 0.6) is 5.75 Å². The minimum atomic E-state index is -0.278. The van der Waals surface area contributed by atoms with Crippen LogP contribution in [-0.4, -0.2) is 62.1 Å². The van der Waals surface area contributed by atoms with Crippen molar-refractivity contribution in [3.8, 4) is 11.4 Å². The smallest absolute Gasteiger partial charge is 0.320 e. The van der Waals surface area contributed by atoms with E-state index in [0.29, 0.717) is 19.0 Å². The number of carbonyl (C=O) groups excluding carboxylic acids is 1. The van der Waals surface area contributed by atoms with Gasteiger partial charge in [0, 0.05) is 18.0 Å². The standard InChI is InChI=1S/C36H42N8O3/c1-23-10-12-24(13-11-23)44-33(20-31(41-44)36(2,3)4)38-35(45)37-28-15-16-30(27-9-7-6-8-26(27)28)47-25-14-17-32-39-40-34(43(32)21-25)29-22-46-19-18-42(29)5/h6-14,17,20-21,28-30H,15-16,18-19,22H2,1-5H3,(H2,37,38,45)/t28-,29+,30+/m0/s1. The Kier molecular flexibility index (Phi) is 8.19. The van der Waals surface area contributed by atoms with E-state index in [0.717, 1.165) is 64.7 Å². The number of anilines is 1. The van der Waals surface area contributed by atoms with Gasteiger partial charge >= 0.3 is 6.03 Å². The first kappa shape index (κ1) is 30.9. The summed E-state index contributed by atoms with van der Waals surface area (Å²) in [7, 11) is 2.08. The molecule has 2 aliphatic rings. The molecule has 11 heteroatoms. The summed E-state index contributed by atoms with van der Waals surface area (Å²) in [6.45, 7) is 10.5. The van der Waals surface area contributed by atoms with Crippen LogP contribution in [0, 0.1) is 6.92 Å². The Balaban J connectivity index is 1.09. The van der Waals surface area contributed by atoms with Crippen LogP contribution in [0.15, 0.2) is 72.9 Å². The molecule has 1 aliphatic heterocycles. The number of nitrogens with one attached hydrogen (secondary N) is 2. The molecular formula is C36H42N8O3. The summed E-state index contributed by atoms with van der Waals surface area (Å²) in [5.74, 6) is 2.20. The Morgan fingerprint density at radius 1 is 1.00 bits per heavy atom. The predicted octanol–water partition coefficient (Wildman–Crippen LogP) is 6.30. The van der Waals surface area contributed by atoms with E-state index in [1.54, 1.807) is 4.68 Å². The van der Waals surface area contributed by atoms with E-state index in [-0.39, 0.29) is 29.6 Å². The molecule has 1 saturated heterocycles. The van der Waals surface area contributed by atoms with Gasteiger partial charge < -0.3 is 14.8 Å². The van der Waals surface area contributed by atoms with Crippen molar-refractivity contribution in [2.75, 3.05) is 32.1 Å². The van der Waals surface area contributed by atoms with Crippen molar-refractivity contribution in [1.82, 2.24) is 34.6 Å². The highest BCUT2D eigenvalue weighted by Crippen LogP contribution is 2.39. The van der Waals surface area contributed by atoms with E-state index in [2.05, 4.69) is 72.6 Å². The van der Waals surface area contributed by atoms with E-state index in [9.17, 15) is 4.79 Å². The van der Waals surface area contributed by atoms with Gasteiger partial charge in [0.15, 0.2) is 11.5 Å². The topological polar surface area (TPSA) is 111 Å². The van der Waals surface area contributed by atoms with Crippen LogP contribution in [0.4, 0.5) is 10.6 Å². The van der Waals surface area contributed by atoms with Gasteiger partial charge in [-0.2, -0.15) is 5.10 Å². The van der Waals surface area contributed by atoms with Gasteiger partial charge in [0.25, 0.3) is 0 Å². The number of pyridine rings is 1. The second-order valence-electron chi connectivity index (χ2n) is 13.6. The molecule has 2 aromatic carbocycles. The molecule has 0 bridgehead atoms. The van der Waals surface area contributed by atoms with Crippen molar-refractivity contribution in [3.05, 3.63) is 101 Å². The van der Waals surface area contributed by atoms with Gasteiger partial charge in [-0.25, -0.2) is 9.48 Å². The molecule has 3 atom stereocenters. The number of amides is 2. The molecule has 0 unspecified atom stereocenters. The zero-order chi connectivity index (χ0) is 32.7. The number of ether oxygens (including phenoxy) is 2. The van der Waals surface area contributed by atoms with E-state index in [4.69, 9.17) is 14.6 Å². The van der Waals surface area contributed by atoms with Gasteiger partial charge in [-0.05, 0) is 62.2 Å². The highest BCUT2D eigenvalue weighted by Gasteiger charge is 2.31. The zero-order valence-corrected chi connectivity index (χ0v) is 27.6. The Bertz CT molecular complexity index is 1890. The quantitative estimate of drug-likeness (QED) is 0.226. The first-order valence-corrected chi connectivity index (χ1v) is 16.3. The maximum Gasteiger partial charge on any atom is 0.320 e. The highest BCUT2D eigenvalue weighted by atomic mass is 16.5. The van der Waals surface area contributed by atoms with Crippen LogP contribution in [0.2, 0.25) is 0 Å². The SMILES string of the molecule is Cc1ccc(-n2nc(C(C)(C)C)cc2NC(=O)N[C@H]2CC[C@@H](Oc3ccc4nnc([C@H]5COCCN5C)n4c3)c3ccccc32)cc1. The fourth-order valence-corrected chi connectivity index (χ4v) is 6.36. The van der Waals surface area contributed by atoms with Crippen molar-refractivity contribution in [2.45, 2.75) is 64.1 Å². The zero-order valence-electron chi connectivity index (χ0n) is 27.6. The van der Waals surface area contributed by atoms with Gasteiger partial charge in [0.2, 0.25) is 0 Å². The number of benzene rings is 2. The number of carbonyl (C=O) groups is 1. The van der Waals surface area contributed by atoms with Crippen molar-refractivity contribution in [2.24, 2.45) is 0 Å². The number of hydrogen-bond acceptors (Lipinski definition) is 7. The molecule has 11 nitrogen and oxygen atoms in total. The van der Waals surface area contributed by atoms with Crippen LogP contribution in [0.3, 0.4) is 0 Å². The van der Waals surface area contributed by atoms with E-state index >= 15 is 0 Å². The lowest BCUT2D eigenvalue weighted by Crippen LogP contribution is -2.37. The Labute approximate surface area is 274 Å². The van der Waals surface area contributed by atoms with Gasteiger partial charge in [-0.3, -0.25) is 14.6 Å². The van der Waals surface area contributed by atoms with Gasteiger partial charge in [-0.15, -0.1) is 10.2 Å². The normalized spacial score (nSPS) is 20.1. The predicted molar refractivity (Wildman–Crippen MR) is 180 cm³/mol. The summed E-state index contributed by atoms with van der Waals surface area (Å²) in [5, 5.41) is 20.0. The fraction of sp³-hybridized carbons (Fsp3) is 0.389. The fourth-order valence-electron chi connectivity index (χ4n) is 6.36. The Morgan fingerprint density at radius 3 is 2.55 bits per heavy atom. The number of fused-ring (bicyclic) bond motifs is 2. The number of morpholine rings is 1. The average molecular weight is 635 g/mol. The number of aromatic nitrogens is 5. The van der Waals surface area contributed by atoms with Crippen molar-refractivity contribution >= 4 is 17.5 Å². The molecule has 47 heavy (non-hydrogen) atoms. The van der Waals surface area contributed by atoms with Crippen LogP contribution in [0.25, 0.3) is 11.3 Å². The molecule has 244 valence electrons. The number of hydrogen-bond donors (Lipinski definition) is 2. The maximum absolute atomic E-state index is 13.5. The molecule has 1 fully saturated rings. The van der Waals surface area contributed by atoms with Crippen molar-refractivity contribution in [1.29, 1.82) is 0 Å². The van der Waals surface area contributed by atoms with Gasteiger partial charge in [0.05, 0.1) is 42.9 Å². The minimum Gasteiger partial charge on any atom is -0.484 e.